The molecule has 0 aromatic rings. The van der Waals surface area contributed by atoms with Gasteiger partial charge in [0.2, 0.25) is 0 Å². The third-order valence-electron chi connectivity index (χ3n) is 2.47. The van der Waals surface area contributed by atoms with Crippen LogP contribution in [-0.2, 0) is 9.47 Å². The van der Waals surface area contributed by atoms with E-state index in [9.17, 15) is 0 Å². The lowest BCUT2D eigenvalue weighted by molar-refractivity contribution is 0.0374. The van der Waals surface area contributed by atoms with Crippen molar-refractivity contribution in [2.75, 3.05) is 6.61 Å². The van der Waals surface area contributed by atoms with Gasteiger partial charge in [-0.2, -0.15) is 0 Å². The molecular formula is C8H14O2. The van der Waals surface area contributed by atoms with Crippen LogP contribution < -0.4 is 0 Å². The first-order chi connectivity index (χ1) is 4.90. The Labute approximate surface area is 61.5 Å². The van der Waals surface area contributed by atoms with Gasteiger partial charge in [-0.25, -0.2) is 0 Å². The Bertz CT molecular complexity index is 112. The molecule has 0 radical (unpaired) electrons. The fourth-order valence-electron chi connectivity index (χ4n) is 1.83. The van der Waals surface area contributed by atoms with E-state index in [1.807, 2.05) is 0 Å². The molecule has 10 heavy (non-hydrogen) atoms. The molecule has 2 saturated heterocycles. The first-order valence-electron chi connectivity index (χ1n) is 4.17. The maximum absolute atomic E-state index is 5.71. The zero-order valence-electron chi connectivity index (χ0n) is 6.38. The van der Waals surface area contributed by atoms with Crippen LogP contribution in [0.4, 0.5) is 0 Å². The van der Waals surface area contributed by atoms with Gasteiger partial charge < -0.3 is 9.47 Å². The van der Waals surface area contributed by atoms with Crippen LogP contribution in [0.5, 0.6) is 0 Å². The monoisotopic (exact) mass is 142 g/mol. The maximum atomic E-state index is 5.71. The van der Waals surface area contributed by atoms with Gasteiger partial charge >= 0.3 is 0 Å². The van der Waals surface area contributed by atoms with Crippen molar-refractivity contribution in [3.8, 4) is 0 Å². The Kier molecular flexibility index (Phi) is 1.66. The summed E-state index contributed by atoms with van der Waals surface area (Å²) in [5, 5.41) is 0. The number of hydrogen-bond donors (Lipinski definition) is 0. The summed E-state index contributed by atoms with van der Waals surface area (Å²) in [6.07, 6.45) is 4.73. The molecule has 0 aliphatic carbocycles. The minimum Gasteiger partial charge on any atom is -0.375 e. The molecule has 3 atom stereocenters. The van der Waals surface area contributed by atoms with Crippen molar-refractivity contribution < 1.29 is 9.47 Å². The van der Waals surface area contributed by atoms with E-state index in [1.54, 1.807) is 0 Å². The van der Waals surface area contributed by atoms with Gasteiger partial charge in [-0.15, -0.1) is 0 Å². The Morgan fingerprint density at radius 2 is 2.30 bits per heavy atom. The van der Waals surface area contributed by atoms with Gasteiger partial charge in [-0.05, 0) is 12.8 Å². The summed E-state index contributed by atoms with van der Waals surface area (Å²) in [7, 11) is 0. The van der Waals surface area contributed by atoms with E-state index < -0.39 is 0 Å². The minimum absolute atomic E-state index is 0.435. The molecule has 2 heteroatoms. The quantitative estimate of drug-likeness (QED) is 0.550. The van der Waals surface area contributed by atoms with Crippen LogP contribution >= 0.6 is 0 Å². The fraction of sp³-hybridized carbons (Fsp3) is 1.00. The molecule has 0 saturated carbocycles. The second-order valence-corrected chi connectivity index (χ2v) is 3.14. The highest BCUT2D eigenvalue weighted by molar-refractivity contribution is 4.86. The lowest BCUT2D eigenvalue weighted by atomic mass is 10.1. The summed E-state index contributed by atoms with van der Waals surface area (Å²) in [6, 6.07) is 0. The zero-order chi connectivity index (χ0) is 6.97. The third-order valence-corrected chi connectivity index (χ3v) is 2.47. The minimum atomic E-state index is 0.435. The smallest absolute Gasteiger partial charge is 0.0863 e. The molecule has 2 fully saturated rings. The first kappa shape index (κ1) is 6.62. The Balaban J connectivity index is 1.94. The topological polar surface area (TPSA) is 18.5 Å². The molecule has 2 aliphatic rings. The zero-order valence-corrected chi connectivity index (χ0v) is 6.38. The maximum Gasteiger partial charge on any atom is 0.0863 e. The molecule has 58 valence electrons. The van der Waals surface area contributed by atoms with Gasteiger partial charge in [0.05, 0.1) is 18.3 Å². The van der Waals surface area contributed by atoms with E-state index in [1.165, 1.54) is 0 Å². The summed E-state index contributed by atoms with van der Waals surface area (Å²) in [5.74, 6) is 0. The Morgan fingerprint density at radius 3 is 3.00 bits per heavy atom. The van der Waals surface area contributed by atoms with Crippen molar-refractivity contribution in [3.63, 3.8) is 0 Å². The van der Waals surface area contributed by atoms with Crippen LogP contribution in [0, 0.1) is 0 Å². The molecule has 0 bridgehead atoms. The van der Waals surface area contributed by atoms with E-state index in [0.717, 1.165) is 25.9 Å². The van der Waals surface area contributed by atoms with Crippen LogP contribution in [0.1, 0.15) is 26.2 Å². The van der Waals surface area contributed by atoms with Crippen molar-refractivity contribution >= 4 is 0 Å². The molecule has 2 nitrogen and oxygen atoms in total. The second-order valence-electron chi connectivity index (χ2n) is 3.14. The summed E-state index contributed by atoms with van der Waals surface area (Å²) in [4.78, 5) is 0. The average Bonchev–Trinajstić information content (AvgIpc) is 2.42. The second kappa shape index (κ2) is 2.51. The first-order valence-corrected chi connectivity index (χ1v) is 4.17. The van der Waals surface area contributed by atoms with Crippen LogP contribution in [0.25, 0.3) is 0 Å². The van der Waals surface area contributed by atoms with Gasteiger partial charge in [0.25, 0.3) is 0 Å². The molecule has 0 aromatic heterocycles. The van der Waals surface area contributed by atoms with Gasteiger partial charge in [0.1, 0.15) is 0 Å². The Morgan fingerprint density at radius 1 is 1.40 bits per heavy atom. The molecule has 2 rings (SSSR count). The average molecular weight is 142 g/mol. The molecule has 2 heterocycles. The van der Waals surface area contributed by atoms with Crippen LogP contribution in [0.2, 0.25) is 0 Å². The molecular weight excluding hydrogens is 128 g/mol. The van der Waals surface area contributed by atoms with Crippen LogP contribution in [0.3, 0.4) is 0 Å². The summed E-state index contributed by atoms with van der Waals surface area (Å²) in [5.41, 5.74) is 0. The predicted molar refractivity (Wildman–Crippen MR) is 37.9 cm³/mol. The normalized spacial score (nSPS) is 45.9. The number of ether oxygens (including phenoxy) is 2. The van der Waals surface area contributed by atoms with Gasteiger partial charge in [-0.1, -0.05) is 6.92 Å². The molecule has 0 aromatic carbocycles. The van der Waals surface area contributed by atoms with Crippen molar-refractivity contribution in [3.05, 3.63) is 0 Å². The van der Waals surface area contributed by atoms with E-state index in [4.69, 9.17) is 9.47 Å². The fourth-order valence-corrected chi connectivity index (χ4v) is 1.83. The SMILES string of the molecule is CCC1CC2OCCC2O1. The van der Waals surface area contributed by atoms with Crippen molar-refractivity contribution in [1.82, 2.24) is 0 Å². The molecule has 0 spiro atoms. The molecule has 3 unspecified atom stereocenters. The summed E-state index contributed by atoms with van der Waals surface area (Å²) in [6.45, 7) is 3.08. The highest BCUT2D eigenvalue weighted by Crippen LogP contribution is 2.31. The molecule has 0 amide bonds. The highest BCUT2D eigenvalue weighted by atomic mass is 16.6. The predicted octanol–water partition coefficient (Wildman–Crippen LogP) is 1.34. The number of fused-ring (bicyclic) bond motifs is 1. The van der Waals surface area contributed by atoms with Gasteiger partial charge in [0, 0.05) is 13.0 Å². The van der Waals surface area contributed by atoms with E-state index in [2.05, 4.69) is 6.92 Å². The highest BCUT2D eigenvalue weighted by Gasteiger charge is 2.38. The third kappa shape index (κ3) is 0.956. The molecule has 2 aliphatic heterocycles. The standard InChI is InChI=1S/C8H14O2/c1-2-6-5-8-7(10-6)3-4-9-8/h6-8H,2-5H2,1H3. The van der Waals surface area contributed by atoms with E-state index >= 15 is 0 Å². The van der Waals surface area contributed by atoms with Gasteiger partial charge in [0.15, 0.2) is 0 Å². The Hall–Kier alpha value is -0.0800. The van der Waals surface area contributed by atoms with Crippen molar-refractivity contribution in [2.45, 2.75) is 44.5 Å². The lowest BCUT2D eigenvalue weighted by Crippen LogP contribution is -2.13. The van der Waals surface area contributed by atoms with Crippen molar-refractivity contribution in [2.24, 2.45) is 0 Å². The van der Waals surface area contributed by atoms with Crippen molar-refractivity contribution in [1.29, 1.82) is 0 Å². The number of hydrogen-bond acceptors (Lipinski definition) is 2. The van der Waals surface area contributed by atoms with E-state index in [-0.39, 0.29) is 0 Å². The lowest BCUT2D eigenvalue weighted by Gasteiger charge is -2.07. The van der Waals surface area contributed by atoms with Crippen LogP contribution in [-0.4, -0.2) is 24.9 Å². The number of rotatable bonds is 1. The molecule has 0 N–H and O–H groups in total. The summed E-state index contributed by atoms with van der Waals surface area (Å²) >= 11 is 0. The largest absolute Gasteiger partial charge is 0.375 e. The summed E-state index contributed by atoms with van der Waals surface area (Å²) < 4.78 is 11.2. The van der Waals surface area contributed by atoms with Crippen LogP contribution in [0.15, 0.2) is 0 Å². The van der Waals surface area contributed by atoms with Gasteiger partial charge in [-0.3, -0.25) is 0 Å². The van der Waals surface area contributed by atoms with E-state index in [0.29, 0.717) is 18.3 Å².